The van der Waals surface area contributed by atoms with Gasteiger partial charge in [-0.3, -0.25) is 4.79 Å². The van der Waals surface area contributed by atoms with E-state index in [2.05, 4.69) is 5.32 Å². The number of hydrogen-bond acceptors (Lipinski definition) is 4. The largest absolute Gasteiger partial charge is 0.482 e. The highest BCUT2D eigenvalue weighted by Gasteiger charge is 2.09. The minimum Gasteiger partial charge on any atom is -0.482 e. The van der Waals surface area contributed by atoms with Crippen molar-refractivity contribution in [1.82, 2.24) is 5.32 Å². The molecule has 0 fully saturated rings. The highest BCUT2D eigenvalue weighted by molar-refractivity contribution is 6.30. The Morgan fingerprint density at radius 1 is 1.08 bits per heavy atom. The van der Waals surface area contributed by atoms with Crippen LogP contribution in [-0.2, 0) is 20.9 Å². The molecule has 2 aromatic carbocycles. The molecule has 0 unspecified atom stereocenters. The van der Waals surface area contributed by atoms with Crippen molar-refractivity contribution in [2.75, 3.05) is 13.2 Å². The summed E-state index contributed by atoms with van der Waals surface area (Å²) in [7, 11) is 0. The lowest BCUT2D eigenvalue weighted by atomic mass is 10.2. The minimum absolute atomic E-state index is 0.244. The van der Waals surface area contributed by atoms with Gasteiger partial charge in [0.05, 0.1) is 0 Å². The lowest BCUT2D eigenvalue weighted by molar-refractivity contribution is -0.150. The van der Waals surface area contributed by atoms with E-state index in [9.17, 15) is 9.59 Å². The van der Waals surface area contributed by atoms with E-state index in [1.807, 2.05) is 31.2 Å². The van der Waals surface area contributed by atoms with Crippen LogP contribution in [0.15, 0.2) is 48.5 Å². The summed E-state index contributed by atoms with van der Waals surface area (Å²) in [6, 6.07) is 14.5. The van der Waals surface area contributed by atoms with Crippen LogP contribution in [0.25, 0.3) is 0 Å². The number of benzene rings is 2. The third kappa shape index (κ3) is 5.93. The van der Waals surface area contributed by atoms with Crippen LogP contribution in [0, 0.1) is 6.92 Å². The van der Waals surface area contributed by atoms with Gasteiger partial charge in [0.15, 0.2) is 13.2 Å². The molecule has 126 valence electrons. The molecule has 0 radical (unpaired) electrons. The van der Waals surface area contributed by atoms with Gasteiger partial charge in [-0.25, -0.2) is 4.79 Å². The van der Waals surface area contributed by atoms with Gasteiger partial charge < -0.3 is 14.8 Å². The summed E-state index contributed by atoms with van der Waals surface area (Å²) in [6.45, 7) is 1.60. The van der Waals surface area contributed by atoms with Gasteiger partial charge >= 0.3 is 5.97 Å². The molecule has 0 aromatic heterocycles. The predicted molar refractivity (Wildman–Crippen MR) is 90.9 cm³/mol. The zero-order valence-electron chi connectivity index (χ0n) is 13.3. The van der Waals surface area contributed by atoms with E-state index in [-0.39, 0.29) is 19.1 Å². The Hall–Kier alpha value is -2.53. The van der Waals surface area contributed by atoms with E-state index in [1.165, 1.54) is 0 Å². The molecule has 0 aliphatic rings. The van der Waals surface area contributed by atoms with E-state index in [1.54, 1.807) is 24.3 Å². The molecule has 0 bridgehead atoms. The molecular formula is C18H18ClNO4. The van der Waals surface area contributed by atoms with Gasteiger partial charge in [-0.1, -0.05) is 41.9 Å². The Morgan fingerprint density at radius 3 is 2.62 bits per heavy atom. The standard InChI is InChI=1S/C18H18ClNO4/c1-13-5-2-3-8-16(13)23-12-18(22)24-11-17(21)20-10-14-6-4-7-15(19)9-14/h2-9H,10-12H2,1H3,(H,20,21). The van der Waals surface area contributed by atoms with Crippen molar-refractivity contribution in [3.63, 3.8) is 0 Å². The number of esters is 1. The SMILES string of the molecule is Cc1ccccc1OCC(=O)OCC(=O)NCc1cccc(Cl)c1. The van der Waals surface area contributed by atoms with Gasteiger partial charge in [0, 0.05) is 11.6 Å². The zero-order valence-corrected chi connectivity index (χ0v) is 14.0. The number of carbonyl (C=O) groups is 2. The van der Waals surface area contributed by atoms with Crippen LogP contribution in [0.2, 0.25) is 5.02 Å². The monoisotopic (exact) mass is 347 g/mol. The van der Waals surface area contributed by atoms with Crippen LogP contribution in [0.4, 0.5) is 0 Å². The number of nitrogens with one attached hydrogen (secondary N) is 1. The zero-order chi connectivity index (χ0) is 17.4. The molecule has 1 amide bonds. The van der Waals surface area contributed by atoms with Crippen LogP contribution in [0.3, 0.4) is 0 Å². The van der Waals surface area contributed by atoms with Crippen LogP contribution in [-0.4, -0.2) is 25.1 Å². The van der Waals surface area contributed by atoms with E-state index >= 15 is 0 Å². The number of hydrogen-bond donors (Lipinski definition) is 1. The average molecular weight is 348 g/mol. The molecule has 1 N–H and O–H groups in total. The molecule has 0 aliphatic carbocycles. The molecule has 0 atom stereocenters. The molecule has 0 spiro atoms. The Kier molecular flexibility index (Phi) is 6.63. The Bertz CT molecular complexity index is 718. The van der Waals surface area contributed by atoms with E-state index in [0.29, 0.717) is 17.3 Å². The second-order valence-electron chi connectivity index (χ2n) is 5.12. The maximum atomic E-state index is 11.7. The highest BCUT2D eigenvalue weighted by Crippen LogP contribution is 2.15. The van der Waals surface area contributed by atoms with Crippen LogP contribution in [0.5, 0.6) is 5.75 Å². The summed E-state index contributed by atoms with van der Waals surface area (Å²) in [4.78, 5) is 23.3. The molecule has 2 aromatic rings. The first kappa shape index (κ1) is 17.8. The maximum absolute atomic E-state index is 11.7. The molecule has 6 heteroatoms. The fourth-order valence-electron chi connectivity index (χ4n) is 1.94. The van der Waals surface area contributed by atoms with Crippen molar-refractivity contribution in [2.45, 2.75) is 13.5 Å². The third-order valence-electron chi connectivity index (χ3n) is 3.18. The summed E-state index contributed by atoms with van der Waals surface area (Å²) in [5, 5.41) is 3.25. The van der Waals surface area contributed by atoms with Gasteiger partial charge in [-0.2, -0.15) is 0 Å². The molecule has 5 nitrogen and oxygen atoms in total. The van der Waals surface area contributed by atoms with Crippen molar-refractivity contribution in [3.05, 3.63) is 64.7 Å². The fraction of sp³-hybridized carbons (Fsp3) is 0.222. The highest BCUT2D eigenvalue weighted by atomic mass is 35.5. The topological polar surface area (TPSA) is 64.6 Å². The van der Waals surface area contributed by atoms with Gasteiger partial charge in [0.1, 0.15) is 5.75 Å². The van der Waals surface area contributed by atoms with Crippen molar-refractivity contribution in [1.29, 1.82) is 0 Å². The number of aryl methyl sites for hydroxylation is 1. The molecule has 2 rings (SSSR count). The first-order valence-electron chi connectivity index (χ1n) is 7.40. The molecule has 0 saturated heterocycles. The first-order valence-corrected chi connectivity index (χ1v) is 7.77. The summed E-state index contributed by atoms with van der Waals surface area (Å²) in [5.41, 5.74) is 1.79. The smallest absolute Gasteiger partial charge is 0.344 e. The Balaban J connectivity index is 1.68. The Morgan fingerprint density at radius 2 is 1.88 bits per heavy atom. The second-order valence-corrected chi connectivity index (χ2v) is 5.56. The Labute approximate surface area is 145 Å². The molecular weight excluding hydrogens is 330 g/mol. The molecule has 0 heterocycles. The van der Waals surface area contributed by atoms with E-state index in [0.717, 1.165) is 11.1 Å². The number of halogens is 1. The maximum Gasteiger partial charge on any atom is 0.344 e. The lowest BCUT2D eigenvalue weighted by Crippen LogP contribution is -2.29. The van der Waals surface area contributed by atoms with Crippen LogP contribution < -0.4 is 10.1 Å². The summed E-state index contributed by atoms with van der Waals surface area (Å²) >= 11 is 5.86. The lowest BCUT2D eigenvalue weighted by Gasteiger charge is -2.09. The minimum atomic E-state index is -0.601. The van der Waals surface area contributed by atoms with Gasteiger partial charge in [-0.05, 0) is 36.2 Å². The van der Waals surface area contributed by atoms with Crippen molar-refractivity contribution in [2.24, 2.45) is 0 Å². The number of amides is 1. The number of ether oxygens (including phenoxy) is 2. The third-order valence-corrected chi connectivity index (χ3v) is 3.42. The number of rotatable bonds is 7. The summed E-state index contributed by atoms with van der Waals surface area (Å²) < 4.78 is 10.2. The second kappa shape index (κ2) is 8.93. The number of para-hydroxylation sites is 1. The predicted octanol–water partition coefficient (Wildman–Crippen LogP) is 2.89. The summed E-state index contributed by atoms with van der Waals surface area (Å²) in [6.07, 6.45) is 0. The van der Waals surface area contributed by atoms with Crippen LogP contribution in [0.1, 0.15) is 11.1 Å². The molecule has 24 heavy (non-hydrogen) atoms. The molecule has 0 saturated carbocycles. The van der Waals surface area contributed by atoms with Crippen LogP contribution >= 0.6 is 11.6 Å². The van der Waals surface area contributed by atoms with Gasteiger partial charge in [0.25, 0.3) is 5.91 Å². The molecule has 0 aliphatic heterocycles. The van der Waals surface area contributed by atoms with Crippen molar-refractivity contribution in [3.8, 4) is 5.75 Å². The average Bonchev–Trinajstić information content (AvgIpc) is 2.57. The normalized spacial score (nSPS) is 10.1. The van der Waals surface area contributed by atoms with Gasteiger partial charge in [0.2, 0.25) is 0 Å². The first-order chi connectivity index (χ1) is 11.5. The van der Waals surface area contributed by atoms with Crippen molar-refractivity contribution >= 4 is 23.5 Å². The van der Waals surface area contributed by atoms with Crippen molar-refractivity contribution < 1.29 is 19.1 Å². The van der Waals surface area contributed by atoms with E-state index in [4.69, 9.17) is 21.1 Å². The fourth-order valence-corrected chi connectivity index (χ4v) is 2.15. The van der Waals surface area contributed by atoms with E-state index < -0.39 is 5.97 Å². The quantitative estimate of drug-likeness (QED) is 0.782. The van der Waals surface area contributed by atoms with Gasteiger partial charge in [-0.15, -0.1) is 0 Å². The summed E-state index contributed by atoms with van der Waals surface area (Å²) in [5.74, 6) is -0.379. The number of carbonyl (C=O) groups excluding carboxylic acids is 2.